The third kappa shape index (κ3) is 3.38. The highest BCUT2D eigenvalue weighted by Gasteiger charge is 2.31. The number of fused-ring (bicyclic) bond motifs is 1. The van der Waals surface area contributed by atoms with Gasteiger partial charge >= 0.3 is 6.18 Å². The lowest BCUT2D eigenvalue weighted by atomic mass is 10.0. The number of hydrogen-bond donors (Lipinski definition) is 2. The highest BCUT2D eigenvalue weighted by molar-refractivity contribution is 7.99. The molecule has 1 aliphatic heterocycles. The van der Waals surface area contributed by atoms with Gasteiger partial charge in [-0.15, -0.1) is 11.8 Å². The van der Waals surface area contributed by atoms with E-state index in [1.165, 1.54) is 17.8 Å². The largest absolute Gasteiger partial charge is 0.416 e. The third-order valence-corrected chi connectivity index (χ3v) is 3.67. The van der Waals surface area contributed by atoms with Crippen molar-refractivity contribution in [3.63, 3.8) is 0 Å². The molecule has 1 aromatic carbocycles. The van der Waals surface area contributed by atoms with Gasteiger partial charge in [-0.2, -0.15) is 18.3 Å². The summed E-state index contributed by atoms with van der Waals surface area (Å²) in [6.07, 6.45) is -3.68. The number of halogens is 3. The Balaban J connectivity index is 2.36. The number of hydrogen-bond acceptors (Lipinski definition) is 3. The quantitative estimate of drug-likeness (QED) is 0.619. The number of nitrogens with one attached hydrogen (secondary N) is 1. The van der Waals surface area contributed by atoms with Crippen LogP contribution in [0.3, 0.4) is 0 Å². The molecule has 0 amide bonds. The molecule has 19 heavy (non-hydrogen) atoms. The molecule has 0 aliphatic carbocycles. The van der Waals surface area contributed by atoms with Gasteiger partial charge in [0.15, 0.2) is 5.11 Å². The molecule has 1 aromatic rings. The van der Waals surface area contributed by atoms with Crippen LogP contribution in [0.5, 0.6) is 0 Å². The second kappa shape index (κ2) is 5.38. The average molecular weight is 305 g/mol. The van der Waals surface area contributed by atoms with Crippen molar-refractivity contribution in [3.8, 4) is 0 Å². The summed E-state index contributed by atoms with van der Waals surface area (Å²) >= 11 is 6.02. The fourth-order valence-corrected chi connectivity index (χ4v) is 2.80. The van der Waals surface area contributed by atoms with E-state index in [9.17, 15) is 13.2 Å². The van der Waals surface area contributed by atoms with Gasteiger partial charge in [0.05, 0.1) is 11.3 Å². The minimum Gasteiger partial charge on any atom is -0.375 e. The van der Waals surface area contributed by atoms with Crippen molar-refractivity contribution in [2.45, 2.75) is 17.5 Å². The van der Waals surface area contributed by atoms with E-state index in [0.717, 1.165) is 12.1 Å². The number of thioether (sulfide) groups is 1. The number of nitrogens with zero attached hydrogens (tertiary/aromatic N) is 1. The Kier molecular flexibility index (Phi) is 4.00. The summed E-state index contributed by atoms with van der Waals surface area (Å²) < 4.78 is 37.9. The molecule has 8 heteroatoms. The van der Waals surface area contributed by atoms with E-state index in [4.69, 9.17) is 5.73 Å². The van der Waals surface area contributed by atoms with Crippen molar-refractivity contribution in [3.05, 3.63) is 29.3 Å². The third-order valence-electron chi connectivity index (χ3n) is 2.52. The standard InChI is InChI=1S/C11H10F3N3S2/c12-11(13,14)6-1-2-7-8(16-17-10(15)18)3-4-19-9(7)5-6/h1-2,5H,3-4H2,(H3,15,17,18). The monoisotopic (exact) mass is 305 g/mol. The lowest BCUT2D eigenvalue weighted by Gasteiger charge is -2.19. The van der Waals surface area contributed by atoms with Crippen LogP contribution in [0.1, 0.15) is 17.5 Å². The maximum absolute atomic E-state index is 12.6. The Hall–Kier alpha value is -1.28. The molecule has 3 N–H and O–H groups in total. The Morgan fingerprint density at radius 3 is 2.79 bits per heavy atom. The maximum atomic E-state index is 12.6. The van der Waals surface area contributed by atoms with Gasteiger partial charge in [0.2, 0.25) is 0 Å². The van der Waals surface area contributed by atoms with E-state index in [-0.39, 0.29) is 5.11 Å². The van der Waals surface area contributed by atoms with Gasteiger partial charge in [-0.1, -0.05) is 6.07 Å². The van der Waals surface area contributed by atoms with Crippen molar-refractivity contribution in [1.29, 1.82) is 0 Å². The van der Waals surface area contributed by atoms with Crippen molar-refractivity contribution in [2.24, 2.45) is 10.8 Å². The Bertz CT molecular complexity index is 540. The molecule has 0 fully saturated rings. The first-order chi connectivity index (χ1) is 8.88. The van der Waals surface area contributed by atoms with E-state index in [1.54, 1.807) is 0 Å². The molecular formula is C11H10F3N3S2. The predicted octanol–water partition coefficient (Wildman–Crippen LogP) is 2.74. The van der Waals surface area contributed by atoms with Crippen LogP contribution in [-0.2, 0) is 6.18 Å². The van der Waals surface area contributed by atoms with Gasteiger partial charge in [0, 0.05) is 22.6 Å². The minimum absolute atomic E-state index is 0.0270. The van der Waals surface area contributed by atoms with E-state index in [2.05, 4.69) is 22.7 Å². The average Bonchev–Trinajstić information content (AvgIpc) is 2.34. The second-order valence-corrected chi connectivity index (χ2v) is 5.42. The molecule has 0 saturated heterocycles. The summed E-state index contributed by atoms with van der Waals surface area (Å²) in [7, 11) is 0. The van der Waals surface area contributed by atoms with E-state index in [1.807, 2.05) is 0 Å². The van der Waals surface area contributed by atoms with Crippen molar-refractivity contribution in [1.82, 2.24) is 5.43 Å². The molecule has 0 atom stereocenters. The molecule has 0 bridgehead atoms. The highest BCUT2D eigenvalue weighted by atomic mass is 32.2. The van der Waals surface area contributed by atoms with Gasteiger partial charge in [-0.3, -0.25) is 5.43 Å². The van der Waals surface area contributed by atoms with Crippen molar-refractivity contribution < 1.29 is 13.2 Å². The first-order valence-corrected chi connectivity index (χ1v) is 6.74. The van der Waals surface area contributed by atoms with Gasteiger partial charge in [0.1, 0.15) is 0 Å². The molecule has 0 spiro atoms. The van der Waals surface area contributed by atoms with E-state index >= 15 is 0 Å². The van der Waals surface area contributed by atoms with Crippen LogP contribution in [0.15, 0.2) is 28.2 Å². The fourth-order valence-electron chi connectivity index (χ4n) is 1.69. The summed E-state index contributed by atoms with van der Waals surface area (Å²) in [6.45, 7) is 0. The van der Waals surface area contributed by atoms with Crippen LogP contribution in [0.4, 0.5) is 13.2 Å². The van der Waals surface area contributed by atoms with Crippen LogP contribution >= 0.6 is 24.0 Å². The summed E-state index contributed by atoms with van der Waals surface area (Å²) in [6, 6.07) is 3.64. The normalized spacial score (nSPS) is 17.1. The first-order valence-electron chi connectivity index (χ1n) is 5.34. The summed E-state index contributed by atoms with van der Waals surface area (Å²) in [4.78, 5) is 0.574. The van der Waals surface area contributed by atoms with E-state index in [0.29, 0.717) is 28.3 Å². The SMILES string of the molecule is NC(=S)NN=C1CCSc2cc(C(F)(F)F)ccc21. The lowest BCUT2D eigenvalue weighted by molar-refractivity contribution is -0.137. The number of benzene rings is 1. The summed E-state index contributed by atoms with van der Waals surface area (Å²) in [5.41, 5.74) is 8.44. The zero-order chi connectivity index (χ0) is 14.0. The van der Waals surface area contributed by atoms with Crippen LogP contribution in [0.25, 0.3) is 0 Å². The maximum Gasteiger partial charge on any atom is 0.416 e. The smallest absolute Gasteiger partial charge is 0.375 e. The lowest BCUT2D eigenvalue weighted by Crippen LogP contribution is -2.26. The first kappa shape index (κ1) is 14.1. The Morgan fingerprint density at radius 1 is 1.42 bits per heavy atom. The highest BCUT2D eigenvalue weighted by Crippen LogP contribution is 2.36. The molecule has 0 saturated carbocycles. The molecule has 0 radical (unpaired) electrons. The molecule has 2 rings (SSSR count). The molecule has 1 heterocycles. The predicted molar refractivity (Wildman–Crippen MR) is 73.2 cm³/mol. The van der Waals surface area contributed by atoms with Crippen LogP contribution < -0.4 is 11.2 Å². The molecule has 1 aliphatic rings. The summed E-state index contributed by atoms with van der Waals surface area (Å²) in [5.74, 6) is 0.673. The minimum atomic E-state index is -4.33. The van der Waals surface area contributed by atoms with Crippen molar-refractivity contribution in [2.75, 3.05) is 5.75 Å². The fraction of sp³-hybridized carbons (Fsp3) is 0.273. The number of thiocarbonyl (C=S) groups is 1. The topological polar surface area (TPSA) is 50.4 Å². The van der Waals surface area contributed by atoms with Crippen LogP contribution in [0.2, 0.25) is 0 Å². The number of hydrazone groups is 1. The van der Waals surface area contributed by atoms with Crippen LogP contribution in [0, 0.1) is 0 Å². The molecule has 0 unspecified atom stereocenters. The molecule has 0 aromatic heterocycles. The van der Waals surface area contributed by atoms with Gasteiger partial charge in [-0.05, 0) is 24.4 Å². The number of rotatable bonds is 1. The number of alkyl halides is 3. The zero-order valence-corrected chi connectivity index (χ0v) is 11.3. The van der Waals surface area contributed by atoms with Gasteiger partial charge in [-0.25, -0.2) is 0 Å². The van der Waals surface area contributed by atoms with Gasteiger partial charge in [0.25, 0.3) is 0 Å². The van der Waals surface area contributed by atoms with Crippen LogP contribution in [-0.4, -0.2) is 16.6 Å². The Labute approximate surface area is 117 Å². The summed E-state index contributed by atoms with van der Waals surface area (Å²) in [5, 5.41) is 4.05. The van der Waals surface area contributed by atoms with Gasteiger partial charge < -0.3 is 5.73 Å². The number of nitrogens with two attached hydrogens (primary N) is 1. The Morgan fingerprint density at radius 2 is 2.16 bits per heavy atom. The zero-order valence-electron chi connectivity index (χ0n) is 9.62. The van der Waals surface area contributed by atoms with E-state index < -0.39 is 11.7 Å². The molecule has 102 valence electrons. The second-order valence-electron chi connectivity index (χ2n) is 3.84. The van der Waals surface area contributed by atoms with Crippen molar-refractivity contribution >= 4 is 34.8 Å². The molecule has 3 nitrogen and oxygen atoms in total. The molecular weight excluding hydrogens is 295 g/mol.